The van der Waals surface area contributed by atoms with E-state index in [4.69, 9.17) is 10.5 Å². The number of benzene rings is 2. The third-order valence-corrected chi connectivity index (χ3v) is 3.32. The molecule has 0 radical (unpaired) electrons. The Bertz CT molecular complexity index is 689. The van der Waals surface area contributed by atoms with Crippen LogP contribution in [-0.2, 0) is 4.79 Å². The van der Waals surface area contributed by atoms with Gasteiger partial charge >= 0.3 is 0 Å². The lowest BCUT2D eigenvalue weighted by atomic mass is 10.2. The fourth-order valence-electron chi connectivity index (χ4n) is 1.78. The minimum absolute atomic E-state index is 0.119. The normalized spacial score (nSPS) is 10.0. The van der Waals surface area contributed by atoms with Gasteiger partial charge in [-0.05, 0) is 30.3 Å². The summed E-state index contributed by atoms with van der Waals surface area (Å²) in [6.45, 7) is 0.166. The first kappa shape index (κ1) is 16.0. The van der Waals surface area contributed by atoms with Crippen LogP contribution in [-0.4, -0.2) is 18.4 Å². The van der Waals surface area contributed by atoms with Crippen LogP contribution in [0.4, 0.5) is 5.69 Å². The Kier molecular flexibility index (Phi) is 5.55. The fraction of sp³-hybridized carbons (Fsp3) is 0.125. The second-order valence-corrected chi connectivity index (χ2v) is 5.44. The Morgan fingerprint density at radius 2 is 1.91 bits per heavy atom. The highest BCUT2D eigenvalue weighted by Gasteiger charge is 2.10. The number of carbonyl (C=O) groups is 2. The number of nitrogens with two attached hydrogens (primary N) is 1. The lowest BCUT2D eigenvalue weighted by molar-refractivity contribution is -0.118. The van der Waals surface area contributed by atoms with Crippen LogP contribution in [0.15, 0.2) is 53.0 Å². The summed E-state index contributed by atoms with van der Waals surface area (Å²) in [5.41, 5.74) is 6.14. The maximum atomic E-state index is 12.2. The molecule has 0 heterocycles. The molecule has 0 atom stereocenters. The first-order valence-corrected chi connectivity index (χ1v) is 7.42. The Morgan fingerprint density at radius 3 is 2.64 bits per heavy atom. The average molecular weight is 363 g/mol. The highest BCUT2D eigenvalue weighted by molar-refractivity contribution is 9.10. The number of para-hydroxylation sites is 2. The van der Waals surface area contributed by atoms with Crippen LogP contribution in [0.2, 0.25) is 0 Å². The van der Waals surface area contributed by atoms with E-state index in [2.05, 4.69) is 21.2 Å². The Morgan fingerprint density at radius 1 is 1.14 bits per heavy atom. The van der Waals surface area contributed by atoms with E-state index in [9.17, 15) is 9.59 Å². The summed E-state index contributed by atoms with van der Waals surface area (Å²) in [5.74, 6) is -0.185. The molecule has 0 aliphatic rings. The summed E-state index contributed by atoms with van der Waals surface area (Å²) in [4.78, 5) is 23.0. The van der Waals surface area contributed by atoms with Crippen LogP contribution in [0.5, 0.6) is 5.75 Å². The quantitative estimate of drug-likeness (QED) is 0.828. The highest BCUT2D eigenvalue weighted by atomic mass is 79.9. The maximum Gasteiger partial charge on any atom is 0.255 e. The fourth-order valence-corrected chi connectivity index (χ4v) is 2.18. The minimum atomic E-state index is -0.435. The molecule has 2 aromatic rings. The van der Waals surface area contributed by atoms with Crippen molar-refractivity contribution < 1.29 is 14.3 Å². The van der Waals surface area contributed by atoms with Crippen molar-refractivity contribution in [2.45, 2.75) is 6.42 Å². The number of halogens is 1. The zero-order valence-electron chi connectivity index (χ0n) is 11.7. The largest absolute Gasteiger partial charge is 0.491 e. The monoisotopic (exact) mass is 362 g/mol. The lowest BCUT2D eigenvalue weighted by Gasteiger charge is -2.12. The van der Waals surface area contributed by atoms with E-state index in [-0.39, 0.29) is 18.9 Å². The minimum Gasteiger partial charge on any atom is -0.491 e. The first-order chi connectivity index (χ1) is 10.6. The molecule has 2 rings (SSSR count). The predicted octanol–water partition coefficient (Wildman–Crippen LogP) is 2.96. The number of rotatable bonds is 6. The van der Waals surface area contributed by atoms with Gasteiger partial charge in [0.2, 0.25) is 5.91 Å². The van der Waals surface area contributed by atoms with Crippen LogP contribution >= 0.6 is 15.9 Å². The van der Waals surface area contributed by atoms with Crippen molar-refractivity contribution in [3.05, 3.63) is 58.6 Å². The van der Waals surface area contributed by atoms with E-state index >= 15 is 0 Å². The number of hydrogen-bond donors (Lipinski definition) is 2. The lowest BCUT2D eigenvalue weighted by Crippen LogP contribution is -2.16. The summed E-state index contributed by atoms with van der Waals surface area (Å²) < 4.78 is 6.31. The van der Waals surface area contributed by atoms with Crippen molar-refractivity contribution in [1.29, 1.82) is 0 Å². The smallest absolute Gasteiger partial charge is 0.255 e. The van der Waals surface area contributed by atoms with Gasteiger partial charge in [-0.1, -0.05) is 34.1 Å². The van der Waals surface area contributed by atoms with Gasteiger partial charge in [-0.2, -0.15) is 0 Å². The molecule has 0 fully saturated rings. The van der Waals surface area contributed by atoms with Crippen molar-refractivity contribution in [2.24, 2.45) is 5.73 Å². The highest BCUT2D eigenvalue weighted by Crippen LogP contribution is 2.24. The third kappa shape index (κ3) is 4.60. The molecule has 0 saturated heterocycles. The van der Waals surface area contributed by atoms with Crippen molar-refractivity contribution in [3.8, 4) is 5.75 Å². The van der Waals surface area contributed by atoms with Crippen LogP contribution in [0.25, 0.3) is 0 Å². The number of primary amides is 1. The van der Waals surface area contributed by atoms with Crippen molar-refractivity contribution in [1.82, 2.24) is 0 Å². The van der Waals surface area contributed by atoms with E-state index in [1.54, 1.807) is 42.5 Å². The summed E-state index contributed by atoms with van der Waals surface area (Å²) in [5, 5.41) is 2.79. The molecule has 0 spiro atoms. The maximum absolute atomic E-state index is 12.2. The Balaban J connectivity index is 2.09. The predicted molar refractivity (Wildman–Crippen MR) is 87.8 cm³/mol. The summed E-state index contributed by atoms with van der Waals surface area (Å²) in [6.07, 6.45) is 0.119. The topological polar surface area (TPSA) is 81.4 Å². The van der Waals surface area contributed by atoms with Gasteiger partial charge < -0.3 is 15.8 Å². The van der Waals surface area contributed by atoms with Crippen molar-refractivity contribution in [2.75, 3.05) is 11.9 Å². The molecule has 0 saturated carbocycles. The van der Waals surface area contributed by atoms with Crippen LogP contribution in [0.3, 0.4) is 0 Å². The average Bonchev–Trinajstić information content (AvgIpc) is 2.48. The molecule has 2 amide bonds. The van der Waals surface area contributed by atoms with Crippen LogP contribution < -0.4 is 15.8 Å². The van der Waals surface area contributed by atoms with E-state index < -0.39 is 5.91 Å². The van der Waals surface area contributed by atoms with E-state index in [0.29, 0.717) is 17.0 Å². The van der Waals surface area contributed by atoms with Gasteiger partial charge in [0.05, 0.1) is 18.7 Å². The zero-order valence-corrected chi connectivity index (χ0v) is 13.3. The summed E-state index contributed by atoms with van der Waals surface area (Å²) in [6, 6.07) is 14.1. The molecule has 6 heteroatoms. The van der Waals surface area contributed by atoms with Crippen LogP contribution in [0, 0.1) is 0 Å². The van der Waals surface area contributed by atoms with Gasteiger partial charge in [0.15, 0.2) is 0 Å². The molecule has 0 aromatic heterocycles. The molecule has 0 unspecified atom stereocenters. The van der Waals surface area contributed by atoms with E-state index in [1.807, 2.05) is 6.07 Å². The Labute approximate surface area is 136 Å². The number of ether oxygens (including phenoxy) is 1. The van der Waals surface area contributed by atoms with Gasteiger partial charge in [0.1, 0.15) is 5.75 Å². The molecular formula is C16H15BrN2O3. The number of anilines is 1. The van der Waals surface area contributed by atoms with Gasteiger partial charge in [-0.15, -0.1) is 0 Å². The van der Waals surface area contributed by atoms with Gasteiger partial charge in [0.25, 0.3) is 5.91 Å². The second kappa shape index (κ2) is 7.61. The molecule has 0 bridgehead atoms. The molecule has 114 valence electrons. The standard InChI is InChI=1S/C16H15BrN2O3/c17-12-5-3-4-11(10-12)16(21)19-13-6-1-2-7-14(13)22-9-8-15(18)20/h1-7,10H,8-9H2,(H2,18,20)(H,19,21). The molecule has 0 aliphatic heterocycles. The SMILES string of the molecule is NC(=O)CCOc1ccccc1NC(=O)c1cccc(Br)c1. The van der Waals surface area contributed by atoms with Crippen molar-refractivity contribution >= 4 is 33.4 Å². The van der Waals surface area contributed by atoms with Crippen molar-refractivity contribution in [3.63, 3.8) is 0 Å². The summed E-state index contributed by atoms with van der Waals surface area (Å²) >= 11 is 3.33. The molecule has 3 N–H and O–H groups in total. The first-order valence-electron chi connectivity index (χ1n) is 6.63. The van der Waals surface area contributed by atoms with E-state index in [0.717, 1.165) is 4.47 Å². The number of hydrogen-bond acceptors (Lipinski definition) is 3. The third-order valence-electron chi connectivity index (χ3n) is 2.83. The number of amides is 2. The van der Waals surface area contributed by atoms with Gasteiger partial charge in [-0.3, -0.25) is 9.59 Å². The summed E-state index contributed by atoms with van der Waals surface area (Å²) in [7, 11) is 0. The number of nitrogens with one attached hydrogen (secondary N) is 1. The second-order valence-electron chi connectivity index (χ2n) is 4.53. The Hall–Kier alpha value is -2.34. The zero-order chi connectivity index (χ0) is 15.9. The van der Waals surface area contributed by atoms with Crippen LogP contribution in [0.1, 0.15) is 16.8 Å². The molecule has 22 heavy (non-hydrogen) atoms. The number of carbonyl (C=O) groups excluding carboxylic acids is 2. The molecule has 5 nitrogen and oxygen atoms in total. The van der Waals surface area contributed by atoms with E-state index in [1.165, 1.54) is 0 Å². The molecule has 2 aromatic carbocycles. The molecule has 0 aliphatic carbocycles. The van der Waals surface area contributed by atoms with Gasteiger partial charge in [-0.25, -0.2) is 0 Å². The molecular weight excluding hydrogens is 348 g/mol. The van der Waals surface area contributed by atoms with Gasteiger partial charge in [0, 0.05) is 10.0 Å².